The van der Waals surface area contributed by atoms with Crippen LogP contribution in [0, 0.1) is 0 Å². The average molecular weight is 247 g/mol. The molecule has 6 heteroatoms. The van der Waals surface area contributed by atoms with Gasteiger partial charge in [0.25, 0.3) is 5.91 Å². The molecule has 0 radical (unpaired) electrons. The number of carbonyl (C=O) groups is 2. The van der Waals surface area contributed by atoms with E-state index in [4.69, 9.17) is 0 Å². The van der Waals surface area contributed by atoms with E-state index in [0.717, 1.165) is 0 Å². The number of Topliss-reactive ketones (excluding diaryl/α,β-unsaturated/α-hetero) is 1. The van der Waals surface area contributed by atoms with Gasteiger partial charge in [-0.2, -0.15) is 0 Å². The molecular weight excluding hydrogens is 238 g/mol. The number of nitrogens with zero attached hydrogens (tertiary/aromatic N) is 2. The Hall–Kier alpha value is -2.08. The van der Waals surface area contributed by atoms with Crippen molar-refractivity contribution in [2.45, 2.75) is 6.92 Å². The standard InChI is InChI=1S/C11H9N3O2S/c1-7(15)9-6-17-11(13-9)14-10(16)8-3-2-4-12-5-8/h2-6H,1H3,(H,13,14,16). The van der Waals surface area contributed by atoms with Gasteiger partial charge in [0.15, 0.2) is 10.9 Å². The van der Waals surface area contributed by atoms with Crippen LogP contribution in [-0.2, 0) is 0 Å². The lowest BCUT2D eigenvalue weighted by Gasteiger charge is -1.99. The molecule has 0 aliphatic heterocycles. The molecule has 0 aliphatic carbocycles. The Kier molecular flexibility index (Phi) is 3.24. The van der Waals surface area contributed by atoms with Crippen LogP contribution in [0.3, 0.4) is 0 Å². The normalized spacial score (nSPS) is 9.94. The first-order chi connectivity index (χ1) is 8.16. The quantitative estimate of drug-likeness (QED) is 0.842. The van der Waals surface area contributed by atoms with E-state index in [-0.39, 0.29) is 11.7 Å². The summed E-state index contributed by atoms with van der Waals surface area (Å²) in [5.41, 5.74) is 0.809. The van der Waals surface area contributed by atoms with Gasteiger partial charge >= 0.3 is 0 Å². The van der Waals surface area contributed by atoms with Gasteiger partial charge < -0.3 is 0 Å². The maximum atomic E-state index is 11.7. The van der Waals surface area contributed by atoms with Gasteiger partial charge in [0.05, 0.1) is 5.56 Å². The Morgan fingerprint density at radius 3 is 2.82 bits per heavy atom. The number of amides is 1. The summed E-state index contributed by atoms with van der Waals surface area (Å²) in [7, 11) is 0. The molecule has 0 atom stereocenters. The van der Waals surface area contributed by atoms with Gasteiger partial charge in [0.1, 0.15) is 5.69 Å². The maximum absolute atomic E-state index is 11.7. The van der Waals surface area contributed by atoms with Crippen molar-refractivity contribution in [2.24, 2.45) is 0 Å². The number of rotatable bonds is 3. The summed E-state index contributed by atoms with van der Waals surface area (Å²) in [6.45, 7) is 1.43. The number of hydrogen-bond donors (Lipinski definition) is 1. The smallest absolute Gasteiger partial charge is 0.259 e. The molecule has 1 N–H and O–H groups in total. The largest absolute Gasteiger partial charge is 0.298 e. The highest BCUT2D eigenvalue weighted by Gasteiger charge is 2.10. The van der Waals surface area contributed by atoms with Crippen molar-refractivity contribution in [1.82, 2.24) is 9.97 Å². The molecular formula is C11H9N3O2S. The molecule has 2 heterocycles. The molecule has 2 aromatic heterocycles. The fraction of sp³-hybridized carbons (Fsp3) is 0.0909. The van der Waals surface area contributed by atoms with Gasteiger partial charge in [-0.05, 0) is 12.1 Å². The second-order valence-corrected chi connectivity index (χ2v) is 4.15. The molecule has 1 amide bonds. The third-order valence-corrected chi connectivity index (χ3v) is 2.77. The average Bonchev–Trinajstić information content (AvgIpc) is 2.79. The lowest BCUT2D eigenvalue weighted by molar-refractivity contribution is 0.100. The van der Waals surface area contributed by atoms with Crippen molar-refractivity contribution in [3.8, 4) is 0 Å². The van der Waals surface area contributed by atoms with E-state index in [1.165, 1.54) is 24.5 Å². The highest BCUT2D eigenvalue weighted by Crippen LogP contribution is 2.16. The van der Waals surface area contributed by atoms with E-state index in [1.807, 2.05) is 0 Å². The van der Waals surface area contributed by atoms with E-state index in [0.29, 0.717) is 16.4 Å². The predicted molar refractivity (Wildman–Crippen MR) is 64.3 cm³/mol. The van der Waals surface area contributed by atoms with Gasteiger partial charge in [-0.25, -0.2) is 4.98 Å². The van der Waals surface area contributed by atoms with E-state index in [1.54, 1.807) is 23.7 Å². The van der Waals surface area contributed by atoms with Crippen LogP contribution in [0.25, 0.3) is 0 Å². The topological polar surface area (TPSA) is 72.0 Å². The molecule has 0 saturated heterocycles. The van der Waals surface area contributed by atoms with Crippen LogP contribution in [0.1, 0.15) is 27.8 Å². The summed E-state index contributed by atoms with van der Waals surface area (Å²) < 4.78 is 0. The lowest BCUT2D eigenvalue weighted by atomic mass is 10.3. The fourth-order valence-corrected chi connectivity index (χ4v) is 1.90. The van der Waals surface area contributed by atoms with Crippen LogP contribution >= 0.6 is 11.3 Å². The Morgan fingerprint density at radius 2 is 2.24 bits per heavy atom. The second kappa shape index (κ2) is 4.84. The number of ketones is 1. The minimum absolute atomic E-state index is 0.122. The molecule has 2 rings (SSSR count). The molecule has 2 aromatic rings. The molecule has 0 fully saturated rings. The van der Waals surface area contributed by atoms with Crippen LogP contribution < -0.4 is 5.32 Å². The molecule has 0 aliphatic rings. The first kappa shape index (κ1) is 11.4. The van der Waals surface area contributed by atoms with Gasteiger partial charge in [0.2, 0.25) is 0 Å². The lowest BCUT2D eigenvalue weighted by Crippen LogP contribution is -2.12. The molecule has 0 saturated carbocycles. The minimum atomic E-state index is -0.289. The van der Waals surface area contributed by atoms with E-state index >= 15 is 0 Å². The van der Waals surface area contributed by atoms with Gasteiger partial charge in [-0.15, -0.1) is 11.3 Å². The molecule has 86 valence electrons. The van der Waals surface area contributed by atoms with Crippen LogP contribution in [0.15, 0.2) is 29.9 Å². The zero-order chi connectivity index (χ0) is 12.3. The SMILES string of the molecule is CC(=O)c1csc(NC(=O)c2cccnc2)n1. The van der Waals surface area contributed by atoms with Crippen molar-refractivity contribution >= 4 is 28.2 Å². The highest BCUT2D eigenvalue weighted by atomic mass is 32.1. The van der Waals surface area contributed by atoms with Crippen molar-refractivity contribution in [1.29, 1.82) is 0 Å². The maximum Gasteiger partial charge on any atom is 0.259 e. The molecule has 0 aromatic carbocycles. The summed E-state index contributed by atoms with van der Waals surface area (Å²) in [4.78, 5) is 30.6. The Morgan fingerprint density at radius 1 is 1.41 bits per heavy atom. The number of thiazole rings is 1. The Balaban J connectivity index is 2.11. The fourth-order valence-electron chi connectivity index (χ4n) is 1.16. The zero-order valence-corrected chi connectivity index (χ0v) is 9.82. The summed E-state index contributed by atoms with van der Waals surface area (Å²) in [5, 5.41) is 4.63. The number of nitrogens with one attached hydrogen (secondary N) is 1. The van der Waals surface area contributed by atoms with Gasteiger partial charge in [-0.3, -0.25) is 19.9 Å². The second-order valence-electron chi connectivity index (χ2n) is 3.29. The third kappa shape index (κ3) is 2.73. The van der Waals surface area contributed by atoms with E-state index in [9.17, 15) is 9.59 Å². The first-order valence-electron chi connectivity index (χ1n) is 4.84. The first-order valence-corrected chi connectivity index (χ1v) is 5.72. The molecule has 17 heavy (non-hydrogen) atoms. The number of aromatic nitrogens is 2. The summed E-state index contributed by atoms with van der Waals surface area (Å²) in [6, 6.07) is 3.33. The summed E-state index contributed by atoms with van der Waals surface area (Å²) in [6.07, 6.45) is 3.06. The molecule has 5 nitrogen and oxygen atoms in total. The predicted octanol–water partition coefficient (Wildman–Crippen LogP) is 1.99. The van der Waals surface area contributed by atoms with Crippen molar-refractivity contribution in [2.75, 3.05) is 5.32 Å². The number of pyridine rings is 1. The Bertz CT molecular complexity index is 551. The minimum Gasteiger partial charge on any atom is -0.298 e. The molecule has 0 unspecified atom stereocenters. The van der Waals surface area contributed by atoms with Crippen molar-refractivity contribution in [3.05, 3.63) is 41.2 Å². The van der Waals surface area contributed by atoms with Crippen LogP contribution in [0.2, 0.25) is 0 Å². The van der Waals surface area contributed by atoms with Gasteiger partial charge in [0, 0.05) is 24.7 Å². The van der Waals surface area contributed by atoms with Crippen molar-refractivity contribution < 1.29 is 9.59 Å². The van der Waals surface area contributed by atoms with Crippen LogP contribution in [0.5, 0.6) is 0 Å². The molecule has 0 bridgehead atoms. The highest BCUT2D eigenvalue weighted by molar-refractivity contribution is 7.14. The zero-order valence-electron chi connectivity index (χ0n) is 9.01. The summed E-state index contributed by atoms with van der Waals surface area (Å²) in [5.74, 6) is -0.411. The number of carbonyl (C=O) groups excluding carboxylic acids is 2. The van der Waals surface area contributed by atoms with Gasteiger partial charge in [-0.1, -0.05) is 0 Å². The summed E-state index contributed by atoms with van der Waals surface area (Å²) >= 11 is 1.22. The van der Waals surface area contributed by atoms with Crippen LogP contribution in [0.4, 0.5) is 5.13 Å². The van der Waals surface area contributed by atoms with E-state index in [2.05, 4.69) is 15.3 Å². The number of anilines is 1. The van der Waals surface area contributed by atoms with Crippen LogP contribution in [-0.4, -0.2) is 21.7 Å². The molecule has 0 spiro atoms. The number of hydrogen-bond acceptors (Lipinski definition) is 5. The Labute approximate surface area is 102 Å². The van der Waals surface area contributed by atoms with E-state index < -0.39 is 0 Å². The monoisotopic (exact) mass is 247 g/mol. The third-order valence-electron chi connectivity index (χ3n) is 2.01. The van der Waals surface area contributed by atoms with Crippen molar-refractivity contribution in [3.63, 3.8) is 0 Å².